The summed E-state index contributed by atoms with van der Waals surface area (Å²) in [4.78, 5) is 11.0. The standard InChI is InChI=1S/C15H20O6/c1-2-3-4-5-6-7-8-19-13-11(16)9-10(15(17)18)12-14(13)21-20-12/h9,16H,2-8H2,1H3,(H,17,18). The van der Waals surface area contributed by atoms with E-state index in [-0.39, 0.29) is 28.2 Å². The van der Waals surface area contributed by atoms with Crippen molar-refractivity contribution in [2.45, 2.75) is 45.4 Å². The van der Waals surface area contributed by atoms with E-state index in [0.29, 0.717) is 6.61 Å². The maximum absolute atomic E-state index is 11.0. The third kappa shape index (κ3) is 3.51. The number of benzene rings is 1. The summed E-state index contributed by atoms with van der Waals surface area (Å²) in [5.74, 6) is -1.29. The molecule has 0 radical (unpaired) electrons. The number of unbranched alkanes of at least 4 members (excludes halogenated alkanes) is 5. The highest BCUT2D eigenvalue weighted by Crippen LogP contribution is 2.39. The third-order valence-electron chi connectivity index (χ3n) is 3.35. The summed E-state index contributed by atoms with van der Waals surface area (Å²) >= 11 is 0. The van der Waals surface area contributed by atoms with Crippen LogP contribution < -0.4 is 4.74 Å². The van der Waals surface area contributed by atoms with Gasteiger partial charge in [0.1, 0.15) is 5.56 Å². The van der Waals surface area contributed by atoms with E-state index in [4.69, 9.17) is 14.4 Å². The summed E-state index contributed by atoms with van der Waals surface area (Å²) in [6.45, 7) is 2.62. The Bertz CT molecular complexity index is 595. The van der Waals surface area contributed by atoms with Crippen LogP contribution in [0.25, 0.3) is 11.2 Å². The molecular weight excluding hydrogens is 276 g/mol. The number of phenols is 1. The first-order valence-electron chi connectivity index (χ1n) is 7.25. The summed E-state index contributed by atoms with van der Waals surface area (Å²) in [6.07, 6.45) is 6.79. The molecule has 116 valence electrons. The van der Waals surface area contributed by atoms with Crippen LogP contribution in [0.4, 0.5) is 0 Å². The number of hydrogen-bond acceptors (Lipinski definition) is 5. The summed E-state index contributed by atoms with van der Waals surface area (Å²) in [6, 6.07) is 1.11. The smallest absolute Gasteiger partial charge is 0.339 e. The fourth-order valence-electron chi connectivity index (χ4n) is 2.17. The van der Waals surface area contributed by atoms with E-state index in [1.165, 1.54) is 25.7 Å². The largest absolute Gasteiger partial charge is 0.504 e. The summed E-state index contributed by atoms with van der Waals surface area (Å²) < 4.78 is 14.9. The minimum absolute atomic E-state index is 0.0956. The van der Waals surface area contributed by atoms with E-state index < -0.39 is 5.97 Å². The normalized spacial score (nSPS) is 11.1. The molecule has 0 saturated heterocycles. The van der Waals surface area contributed by atoms with Gasteiger partial charge in [-0.2, -0.15) is 0 Å². The van der Waals surface area contributed by atoms with Crippen LogP contribution in [0.15, 0.2) is 15.2 Å². The lowest BCUT2D eigenvalue weighted by Crippen LogP contribution is -2.03. The van der Waals surface area contributed by atoms with Crippen molar-refractivity contribution in [2.24, 2.45) is 0 Å². The Labute approximate surface area is 122 Å². The van der Waals surface area contributed by atoms with Crippen molar-refractivity contribution in [1.29, 1.82) is 0 Å². The van der Waals surface area contributed by atoms with Gasteiger partial charge in [0.05, 0.1) is 6.61 Å². The van der Waals surface area contributed by atoms with Gasteiger partial charge in [0.15, 0.2) is 5.75 Å². The maximum atomic E-state index is 11.0. The Morgan fingerprint density at radius 2 is 1.81 bits per heavy atom. The Balaban J connectivity index is 1.90. The molecule has 0 spiro atoms. The van der Waals surface area contributed by atoms with Crippen LogP contribution in [0, 0.1) is 0 Å². The fraction of sp³-hybridized carbons (Fsp3) is 0.533. The molecule has 2 aromatic rings. The number of carboxylic acids is 1. The van der Waals surface area contributed by atoms with Crippen molar-refractivity contribution in [3.63, 3.8) is 0 Å². The number of ether oxygens (including phenoxy) is 1. The molecule has 6 nitrogen and oxygen atoms in total. The zero-order valence-corrected chi connectivity index (χ0v) is 12.1. The molecule has 21 heavy (non-hydrogen) atoms. The van der Waals surface area contributed by atoms with Crippen LogP contribution in [0.5, 0.6) is 11.5 Å². The molecule has 1 aromatic heterocycles. The lowest BCUT2D eigenvalue weighted by atomic mass is 10.1. The lowest BCUT2D eigenvalue weighted by Gasteiger charge is -2.11. The van der Waals surface area contributed by atoms with Gasteiger partial charge in [-0.25, -0.2) is 4.79 Å². The third-order valence-corrected chi connectivity index (χ3v) is 3.35. The zero-order valence-electron chi connectivity index (χ0n) is 12.1. The van der Waals surface area contributed by atoms with Crippen molar-refractivity contribution in [2.75, 3.05) is 6.61 Å². The SMILES string of the molecule is CCCCCCCCOc1c(O)cc(C(=O)O)c2ooc12. The van der Waals surface area contributed by atoms with Crippen LogP contribution in [-0.4, -0.2) is 22.8 Å². The van der Waals surface area contributed by atoms with Crippen LogP contribution in [-0.2, 0) is 0 Å². The van der Waals surface area contributed by atoms with E-state index in [2.05, 4.69) is 11.5 Å². The van der Waals surface area contributed by atoms with Crippen molar-refractivity contribution in [1.82, 2.24) is 0 Å². The van der Waals surface area contributed by atoms with Gasteiger partial charge in [-0.05, 0) is 6.42 Å². The molecule has 6 heteroatoms. The fourth-order valence-corrected chi connectivity index (χ4v) is 2.17. The van der Waals surface area contributed by atoms with Crippen LogP contribution in [0.2, 0.25) is 0 Å². The summed E-state index contributed by atoms with van der Waals surface area (Å²) in [5, 5.41) is 18.8. The molecule has 0 aliphatic carbocycles. The molecule has 0 aliphatic rings. The first-order valence-corrected chi connectivity index (χ1v) is 7.25. The monoisotopic (exact) mass is 296 g/mol. The number of aromatic carboxylic acids is 1. The van der Waals surface area contributed by atoms with E-state index in [1.54, 1.807) is 0 Å². The average molecular weight is 296 g/mol. The molecule has 1 heterocycles. The molecule has 2 N–H and O–H groups in total. The predicted octanol–water partition coefficient (Wildman–Crippen LogP) is 4.17. The molecule has 0 bridgehead atoms. The van der Waals surface area contributed by atoms with Crippen LogP contribution >= 0.6 is 0 Å². The van der Waals surface area contributed by atoms with Gasteiger partial charge in [-0.3, -0.25) is 9.15 Å². The molecule has 0 unspecified atom stereocenters. The number of carbonyl (C=O) groups is 1. The van der Waals surface area contributed by atoms with Crippen LogP contribution in [0.1, 0.15) is 55.8 Å². The Morgan fingerprint density at radius 1 is 1.14 bits per heavy atom. The molecule has 0 atom stereocenters. The molecule has 1 aromatic carbocycles. The first-order chi connectivity index (χ1) is 10.1. The first kappa shape index (κ1) is 15.3. The Morgan fingerprint density at radius 3 is 2.43 bits per heavy atom. The number of hydrogen-bond donors (Lipinski definition) is 2. The van der Waals surface area contributed by atoms with Gasteiger partial charge >= 0.3 is 5.97 Å². The van der Waals surface area contributed by atoms with E-state index >= 15 is 0 Å². The van der Waals surface area contributed by atoms with Gasteiger partial charge < -0.3 is 14.9 Å². The van der Waals surface area contributed by atoms with Gasteiger partial charge in [-0.1, -0.05) is 39.0 Å². The Hall–Kier alpha value is -2.11. The topological polar surface area (TPSA) is 93.0 Å². The van der Waals surface area contributed by atoms with Crippen molar-refractivity contribution < 1.29 is 28.9 Å². The van der Waals surface area contributed by atoms with Gasteiger partial charge in [0.25, 0.3) is 5.58 Å². The number of rotatable bonds is 9. The molecule has 0 fully saturated rings. The van der Waals surface area contributed by atoms with Gasteiger partial charge in [-0.15, -0.1) is 0 Å². The average Bonchev–Trinajstić information content (AvgIpc) is 2.41. The van der Waals surface area contributed by atoms with Crippen LogP contribution in [0.3, 0.4) is 0 Å². The number of aromatic hydroxyl groups is 1. The number of carboxylic acid groups (broad SMARTS) is 1. The second-order valence-electron chi connectivity index (χ2n) is 5.02. The highest BCUT2D eigenvalue weighted by molar-refractivity contribution is 6.02. The molecule has 0 aliphatic heterocycles. The van der Waals surface area contributed by atoms with E-state index in [0.717, 1.165) is 18.9 Å². The van der Waals surface area contributed by atoms with Gasteiger partial charge in [0, 0.05) is 6.07 Å². The molecule has 2 rings (SSSR count). The summed E-state index contributed by atoms with van der Waals surface area (Å²) in [5.41, 5.74) is 0.109. The Kier molecular flexibility index (Phi) is 5.14. The van der Waals surface area contributed by atoms with Crippen molar-refractivity contribution >= 4 is 17.1 Å². The highest BCUT2D eigenvalue weighted by atomic mass is 17.0. The quantitative estimate of drug-likeness (QED) is 0.533. The molecule has 0 amide bonds. The molecule has 0 saturated carbocycles. The van der Waals surface area contributed by atoms with Crippen molar-refractivity contribution in [3.8, 4) is 11.5 Å². The zero-order chi connectivity index (χ0) is 15.2. The second kappa shape index (κ2) is 7.06. The van der Waals surface area contributed by atoms with E-state index in [9.17, 15) is 9.90 Å². The van der Waals surface area contributed by atoms with E-state index in [1.807, 2.05) is 0 Å². The van der Waals surface area contributed by atoms with Crippen molar-refractivity contribution in [3.05, 3.63) is 11.6 Å². The molecular formula is C15H20O6. The minimum atomic E-state index is -1.19. The number of fused-ring (bicyclic) bond motifs is 1. The predicted molar refractivity (Wildman–Crippen MR) is 76.0 cm³/mol. The lowest BCUT2D eigenvalue weighted by molar-refractivity contribution is 0.0508. The highest BCUT2D eigenvalue weighted by Gasteiger charge is 2.25. The number of phenolic OH excluding ortho intramolecular Hbond substituents is 1. The minimum Gasteiger partial charge on any atom is -0.504 e. The second-order valence-corrected chi connectivity index (χ2v) is 5.02. The maximum Gasteiger partial charge on any atom is 0.339 e. The summed E-state index contributed by atoms with van der Waals surface area (Å²) in [7, 11) is 0. The van der Waals surface area contributed by atoms with Gasteiger partial charge in [0.2, 0.25) is 11.3 Å².